The minimum Gasteiger partial charge on any atom is -0.372 e. The number of benzene rings is 1. The number of aromatic amines is 1. The predicted octanol–water partition coefficient (Wildman–Crippen LogP) is 1.14. The van der Waals surface area contributed by atoms with Crippen molar-refractivity contribution in [3.8, 4) is 11.8 Å². The van der Waals surface area contributed by atoms with E-state index in [0.717, 1.165) is 0 Å². The van der Waals surface area contributed by atoms with E-state index in [1.807, 2.05) is 0 Å². The largest absolute Gasteiger partial charge is 0.419 e. The van der Waals surface area contributed by atoms with Gasteiger partial charge in [-0.1, -0.05) is 23.0 Å². The quantitative estimate of drug-likeness (QED) is 0.350. The van der Waals surface area contributed by atoms with Crippen LogP contribution >= 0.6 is 0 Å². The molecule has 0 aliphatic rings. The maximum atomic E-state index is 11.6. The first kappa shape index (κ1) is 11.5. The zero-order chi connectivity index (χ0) is 13.0. The fourth-order valence-corrected chi connectivity index (χ4v) is 1.45. The summed E-state index contributed by atoms with van der Waals surface area (Å²) in [4.78, 5) is 27.5. The molecule has 0 fully saturated rings. The van der Waals surface area contributed by atoms with Crippen molar-refractivity contribution in [3.05, 3.63) is 55.2 Å². The van der Waals surface area contributed by atoms with E-state index in [4.69, 9.17) is 5.53 Å². The van der Waals surface area contributed by atoms with Gasteiger partial charge >= 0.3 is 11.4 Å². The number of azide groups is 1. The summed E-state index contributed by atoms with van der Waals surface area (Å²) in [6.07, 6.45) is 0. The van der Waals surface area contributed by atoms with Gasteiger partial charge < -0.3 is 4.42 Å². The molecule has 1 aromatic carbocycles. The first-order chi connectivity index (χ1) is 8.72. The van der Waals surface area contributed by atoms with Crippen LogP contribution in [-0.4, -0.2) is 11.5 Å². The molecule has 2 rings (SSSR count). The minimum absolute atomic E-state index is 0.00156. The molecule has 2 aromatic rings. The van der Waals surface area contributed by atoms with Crippen molar-refractivity contribution in [3.63, 3.8) is 0 Å². The maximum Gasteiger partial charge on any atom is 0.419 e. The molecule has 0 atom stereocenters. The van der Waals surface area contributed by atoms with Crippen molar-refractivity contribution in [2.45, 2.75) is 0 Å². The predicted molar refractivity (Wildman–Crippen MR) is 64.0 cm³/mol. The van der Waals surface area contributed by atoms with Crippen LogP contribution in [0.15, 0.2) is 37.3 Å². The average molecular weight is 242 g/mol. The Morgan fingerprint density at radius 2 is 2.28 bits per heavy atom. The van der Waals surface area contributed by atoms with E-state index >= 15 is 0 Å². The van der Waals surface area contributed by atoms with E-state index in [1.165, 1.54) is 0 Å². The Labute approximate surface area is 99.7 Å². The number of H-pyrrole nitrogens is 1. The van der Waals surface area contributed by atoms with Crippen LogP contribution in [0.25, 0.3) is 21.3 Å². The third kappa shape index (κ3) is 2.24. The van der Waals surface area contributed by atoms with Crippen LogP contribution in [0.1, 0.15) is 5.56 Å². The van der Waals surface area contributed by atoms with Gasteiger partial charge in [0.15, 0.2) is 0 Å². The highest BCUT2D eigenvalue weighted by Gasteiger charge is 2.05. The van der Waals surface area contributed by atoms with E-state index < -0.39 is 11.4 Å². The van der Waals surface area contributed by atoms with Crippen molar-refractivity contribution >= 4 is 10.9 Å². The second-order valence-electron chi connectivity index (χ2n) is 3.22. The lowest BCUT2D eigenvalue weighted by Gasteiger charge is -1.97. The number of nitrogens with one attached hydrogen (secondary N) is 1. The SMILES string of the molecule is [N-]=[N+]=NCC#Cc1cccc2[nH]c(=O)oc(=O)c12. The fourth-order valence-electron chi connectivity index (χ4n) is 1.45. The van der Waals surface area contributed by atoms with E-state index in [0.29, 0.717) is 11.1 Å². The molecule has 18 heavy (non-hydrogen) atoms. The Morgan fingerprint density at radius 3 is 3.06 bits per heavy atom. The second-order valence-corrected chi connectivity index (χ2v) is 3.22. The van der Waals surface area contributed by atoms with Crippen LogP contribution < -0.4 is 11.4 Å². The molecule has 0 spiro atoms. The molecule has 88 valence electrons. The highest BCUT2D eigenvalue weighted by molar-refractivity contribution is 5.83. The Balaban J connectivity index is 2.64. The van der Waals surface area contributed by atoms with Gasteiger partial charge in [0, 0.05) is 10.5 Å². The molecular formula is C11H6N4O3. The first-order valence-corrected chi connectivity index (χ1v) is 4.88. The lowest BCUT2D eigenvalue weighted by atomic mass is 10.1. The van der Waals surface area contributed by atoms with Gasteiger partial charge in [-0.05, 0) is 17.7 Å². The number of hydrogen-bond donors (Lipinski definition) is 1. The Bertz CT molecular complexity index is 816. The molecule has 1 aromatic heterocycles. The molecule has 0 bridgehead atoms. The highest BCUT2D eigenvalue weighted by Crippen LogP contribution is 2.10. The molecule has 0 aliphatic carbocycles. The zero-order valence-corrected chi connectivity index (χ0v) is 9.01. The molecular weight excluding hydrogens is 236 g/mol. The first-order valence-electron chi connectivity index (χ1n) is 4.88. The highest BCUT2D eigenvalue weighted by atomic mass is 16.4. The molecule has 0 radical (unpaired) electrons. The molecule has 0 aliphatic heterocycles. The Kier molecular flexibility index (Phi) is 3.14. The fraction of sp³-hybridized carbons (Fsp3) is 0.0909. The van der Waals surface area contributed by atoms with E-state index in [2.05, 4.69) is 31.3 Å². The number of fused-ring (bicyclic) bond motifs is 1. The number of rotatable bonds is 1. The van der Waals surface area contributed by atoms with Gasteiger partial charge in [-0.2, -0.15) is 0 Å². The van der Waals surface area contributed by atoms with Crippen LogP contribution in [0, 0.1) is 11.8 Å². The summed E-state index contributed by atoms with van der Waals surface area (Å²) in [5, 5.41) is 3.45. The van der Waals surface area contributed by atoms with Gasteiger partial charge in [0.2, 0.25) is 0 Å². The summed E-state index contributed by atoms with van der Waals surface area (Å²) >= 11 is 0. The molecule has 1 N–H and O–H groups in total. The molecule has 0 saturated carbocycles. The van der Waals surface area contributed by atoms with Crippen molar-refractivity contribution < 1.29 is 4.42 Å². The van der Waals surface area contributed by atoms with Crippen LogP contribution in [0.2, 0.25) is 0 Å². The smallest absolute Gasteiger partial charge is 0.372 e. The molecule has 7 heteroatoms. The van der Waals surface area contributed by atoms with Crippen molar-refractivity contribution in [2.24, 2.45) is 5.11 Å². The van der Waals surface area contributed by atoms with Gasteiger partial charge in [0.05, 0.1) is 17.4 Å². The van der Waals surface area contributed by atoms with Crippen LogP contribution in [0.3, 0.4) is 0 Å². The third-order valence-electron chi connectivity index (χ3n) is 2.13. The summed E-state index contributed by atoms with van der Waals surface area (Å²) < 4.78 is 4.44. The number of aromatic nitrogens is 1. The van der Waals surface area contributed by atoms with Gasteiger partial charge in [-0.25, -0.2) is 9.59 Å². The van der Waals surface area contributed by atoms with Crippen molar-refractivity contribution in [1.29, 1.82) is 0 Å². The van der Waals surface area contributed by atoms with Crippen LogP contribution in [-0.2, 0) is 0 Å². The van der Waals surface area contributed by atoms with E-state index in [-0.39, 0.29) is 11.9 Å². The van der Waals surface area contributed by atoms with E-state index in [1.54, 1.807) is 18.2 Å². The average Bonchev–Trinajstić information content (AvgIpc) is 2.34. The zero-order valence-electron chi connectivity index (χ0n) is 9.01. The number of nitrogens with zero attached hydrogens (tertiary/aromatic N) is 3. The second kappa shape index (κ2) is 4.91. The lowest BCUT2D eigenvalue weighted by Crippen LogP contribution is -2.15. The lowest BCUT2D eigenvalue weighted by molar-refractivity contribution is 0.460. The Morgan fingerprint density at radius 1 is 1.44 bits per heavy atom. The van der Waals surface area contributed by atoms with E-state index in [9.17, 15) is 9.59 Å². The minimum atomic E-state index is -0.813. The summed E-state index contributed by atoms with van der Waals surface area (Å²) in [5.41, 5.74) is 8.11. The van der Waals surface area contributed by atoms with Crippen LogP contribution in [0.4, 0.5) is 0 Å². The topological polar surface area (TPSA) is 112 Å². The maximum absolute atomic E-state index is 11.6. The standard InChI is InChI=1S/C11H6N4O3/c12-15-13-6-2-4-7-3-1-5-8-9(7)10(16)18-11(17)14-8/h1,3,5H,6H2,(H,14,17). The molecule has 0 saturated heterocycles. The summed E-state index contributed by atoms with van der Waals surface area (Å²) in [7, 11) is 0. The van der Waals surface area contributed by atoms with Crippen molar-refractivity contribution in [1.82, 2.24) is 4.98 Å². The molecule has 0 unspecified atom stereocenters. The van der Waals surface area contributed by atoms with Crippen molar-refractivity contribution in [2.75, 3.05) is 6.54 Å². The normalized spacial score (nSPS) is 9.33. The molecule has 7 nitrogen and oxygen atoms in total. The van der Waals surface area contributed by atoms with Crippen LogP contribution in [0.5, 0.6) is 0 Å². The van der Waals surface area contributed by atoms with Gasteiger partial charge in [-0.15, -0.1) is 0 Å². The summed E-state index contributed by atoms with van der Waals surface area (Å²) in [6.45, 7) is 0.00156. The molecule has 1 heterocycles. The van der Waals surface area contributed by atoms with Gasteiger partial charge in [0.25, 0.3) is 0 Å². The van der Waals surface area contributed by atoms with Gasteiger partial charge in [0.1, 0.15) is 0 Å². The third-order valence-corrected chi connectivity index (χ3v) is 2.13. The number of hydrogen-bond acceptors (Lipinski definition) is 4. The summed E-state index contributed by atoms with van der Waals surface area (Å²) in [6, 6.07) is 4.84. The molecule has 0 amide bonds. The summed E-state index contributed by atoms with van der Waals surface area (Å²) in [5.74, 6) is 4.47. The Hall–Kier alpha value is -2.97. The monoisotopic (exact) mass is 242 g/mol. The van der Waals surface area contributed by atoms with Gasteiger partial charge in [-0.3, -0.25) is 4.98 Å².